The minimum absolute atomic E-state index is 0.00154. The molecule has 0 radical (unpaired) electrons. The summed E-state index contributed by atoms with van der Waals surface area (Å²) in [6, 6.07) is 4.58. The predicted octanol–water partition coefficient (Wildman–Crippen LogP) is 3.02. The number of nitrogens with one attached hydrogen (secondary N) is 1. The molecule has 2 fully saturated rings. The number of anilines is 1. The second kappa shape index (κ2) is 4.53. The van der Waals surface area contributed by atoms with E-state index in [2.05, 4.69) is 5.32 Å². The molecule has 2 atom stereocenters. The first-order chi connectivity index (χ1) is 9.06. The second-order valence-corrected chi connectivity index (χ2v) is 5.79. The average Bonchev–Trinajstić information content (AvgIpc) is 2.98. The van der Waals surface area contributed by atoms with Gasteiger partial charge in [-0.05, 0) is 43.2 Å². The molecule has 2 saturated carbocycles. The van der Waals surface area contributed by atoms with E-state index < -0.39 is 5.97 Å². The van der Waals surface area contributed by atoms with Crippen LogP contribution in [0.25, 0.3) is 0 Å². The summed E-state index contributed by atoms with van der Waals surface area (Å²) in [4.78, 5) is 23.3. The number of para-hydroxylation sites is 1. The van der Waals surface area contributed by atoms with Gasteiger partial charge in [-0.15, -0.1) is 0 Å². The summed E-state index contributed by atoms with van der Waals surface area (Å²) < 4.78 is 0. The summed E-state index contributed by atoms with van der Waals surface area (Å²) in [6.45, 7) is 0. The molecular formula is C14H14ClNO3. The third-order valence-corrected chi connectivity index (χ3v) is 4.42. The van der Waals surface area contributed by atoms with Crippen LogP contribution in [0, 0.1) is 17.8 Å². The SMILES string of the molecule is O=C(O)c1cccc(Cl)c1NC(=O)C1CC2CC2C1. The van der Waals surface area contributed by atoms with Gasteiger partial charge in [-0.25, -0.2) is 4.79 Å². The van der Waals surface area contributed by atoms with Crippen LogP contribution in [-0.4, -0.2) is 17.0 Å². The van der Waals surface area contributed by atoms with Crippen molar-refractivity contribution in [3.63, 3.8) is 0 Å². The molecule has 4 nitrogen and oxygen atoms in total. The number of carbonyl (C=O) groups excluding carboxylic acids is 1. The number of carboxylic acids is 1. The Labute approximate surface area is 115 Å². The fraction of sp³-hybridized carbons (Fsp3) is 0.429. The molecule has 5 heteroatoms. The third-order valence-electron chi connectivity index (χ3n) is 4.11. The summed E-state index contributed by atoms with van der Waals surface area (Å²) in [7, 11) is 0. The van der Waals surface area contributed by atoms with Crippen LogP contribution in [0.2, 0.25) is 5.02 Å². The molecule has 2 unspecified atom stereocenters. The topological polar surface area (TPSA) is 66.4 Å². The first-order valence-corrected chi connectivity index (χ1v) is 6.76. The molecule has 100 valence electrons. The van der Waals surface area contributed by atoms with Gasteiger partial charge >= 0.3 is 5.97 Å². The zero-order valence-electron chi connectivity index (χ0n) is 10.2. The summed E-state index contributed by atoms with van der Waals surface area (Å²) in [5.41, 5.74) is 0.242. The highest BCUT2D eigenvalue weighted by Gasteiger charge is 2.48. The lowest BCUT2D eigenvalue weighted by atomic mass is 10.0. The zero-order chi connectivity index (χ0) is 13.6. The number of benzene rings is 1. The zero-order valence-corrected chi connectivity index (χ0v) is 11.0. The first-order valence-electron chi connectivity index (χ1n) is 6.39. The average molecular weight is 280 g/mol. The van der Waals surface area contributed by atoms with Gasteiger partial charge in [0, 0.05) is 5.92 Å². The molecule has 0 aromatic heterocycles. The van der Waals surface area contributed by atoms with Crippen molar-refractivity contribution < 1.29 is 14.7 Å². The fourth-order valence-electron chi connectivity index (χ4n) is 2.98. The van der Waals surface area contributed by atoms with Crippen LogP contribution in [-0.2, 0) is 4.79 Å². The van der Waals surface area contributed by atoms with Gasteiger partial charge in [0.05, 0.1) is 16.3 Å². The standard InChI is InChI=1S/C14H14ClNO3/c15-11-3-1-2-10(14(18)19)12(11)16-13(17)9-5-7-4-8(7)6-9/h1-3,7-9H,4-6H2,(H,16,17)(H,18,19). The molecule has 2 aliphatic rings. The van der Waals surface area contributed by atoms with E-state index in [1.165, 1.54) is 12.5 Å². The third kappa shape index (κ3) is 2.32. The molecule has 3 rings (SSSR count). The summed E-state index contributed by atoms with van der Waals surface area (Å²) in [5.74, 6) is 0.221. The Morgan fingerprint density at radius 2 is 1.89 bits per heavy atom. The van der Waals surface area contributed by atoms with E-state index in [9.17, 15) is 9.59 Å². The van der Waals surface area contributed by atoms with Crippen molar-refractivity contribution in [2.75, 3.05) is 5.32 Å². The monoisotopic (exact) mass is 279 g/mol. The first kappa shape index (κ1) is 12.5. The molecule has 2 aliphatic carbocycles. The van der Waals surface area contributed by atoms with Crippen LogP contribution in [0.4, 0.5) is 5.69 Å². The highest BCUT2D eigenvalue weighted by Crippen LogP contribution is 2.54. The molecular weight excluding hydrogens is 266 g/mol. The quantitative estimate of drug-likeness (QED) is 0.894. The van der Waals surface area contributed by atoms with E-state index in [4.69, 9.17) is 16.7 Å². The van der Waals surface area contributed by atoms with E-state index >= 15 is 0 Å². The number of hydrogen-bond donors (Lipinski definition) is 2. The molecule has 0 bridgehead atoms. The van der Waals surface area contributed by atoms with Crippen molar-refractivity contribution in [3.05, 3.63) is 28.8 Å². The highest BCUT2D eigenvalue weighted by molar-refractivity contribution is 6.34. The summed E-state index contributed by atoms with van der Waals surface area (Å²) >= 11 is 5.98. The van der Waals surface area contributed by atoms with E-state index in [1.807, 2.05) is 0 Å². The summed E-state index contributed by atoms with van der Waals surface area (Å²) in [5, 5.41) is 12.1. The van der Waals surface area contributed by atoms with Crippen LogP contribution < -0.4 is 5.32 Å². The number of carboxylic acid groups (broad SMARTS) is 1. The predicted molar refractivity (Wildman–Crippen MR) is 71.4 cm³/mol. The lowest BCUT2D eigenvalue weighted by Crippen LogP contribution is -2.23. The Morgan fingerprint density at radius 1 is 1.21 bits per heavy atom. The van der Waals surface area contributed by atoms with Gasteiger partial charge in [0.1, 0.15) is 0 Å². The van der Waals surface area contributed by atoms with E-state index in [-0.39, 0.29) is 28.1 Å². The van der Waals surface area contributed by atoms with Crippen molar-refractivity contribution in [2.24, 2.45) is 17.8 Å². The molecule has 0 aliphatic heterocycles. The largest absolute Gasteiger partial charge is 0.478 e. The minimum atomic E-state index is -1.09. The number of aromatic carboxylic acids is 1. The lowest BCUT2D eigenvalue weighted by Gasteiger charge is -2.15. The van der Waals surface area contributed by atoms with Crippen molar-refractivity contribution in [2.45, 2.75) is 19.3 Å². The number of halogens is 1. The molecule has 0 saturated heterocycles. The number of amides is 1. The molecule has 1 aromatic carbocycles. The Bertz CT molecular complexity index is 548. The van der Waals surface area contributed by atoms with Crippen molar-refractivity contribution >= 4 is 29.2 Å². The van der Waals surface area contributed by atoms with Crippen LogP contribution in [0.1, 0.15) is 29.6 Å². The second-order valence-electron chi connectivity index (χ2n) is 5.38. The van der Waals surface area contributed by atoms with Crippen LogP contribution in [0.5, 0.6) is 0 Å². The Kier molecular flexibility index (Phi) is 2.97. The molecule has 19 heavy (non-hydrogen) atoms. The van der Waals surface area contributed by atoms with Gasteiger partial charge < -0.3 is 10.4 Å². The summed E-state index contributed by atoms with van der Waals surface area (Å²) in [6.07, 6.45) is 3.09. The van der Waals surface area contributed by atoms with Crippen LogP contribution in [0.3, 0.4) is 0 Å². The number of fused-ring (bicyclic) bond motifs is 1. The molecule has 1 aromatic rings. The van der Waals surface area contributed by atoms with Gasteiger partial charge in [-0.1, -0.05) is 17.7 Å². The van der Waals surface area contributed by atoms with E-state index in [0.29, 0.717) is 11.8 Å². The number of hydrogen-bond acceptors (Lipinski definition) is 2. The van der Waals surface area contributed by atoms with E-state index in [1.54, 1.807) is 12.1 Å². The normalized spacial score (nSPS) is 27.7. The Balaban J connectivity index is 1.78. The maximum atomic E-state index is 12.1. The van der Waals surface area contributed by atoms with Gasteiger partial charge in [0.25, 0.3) is 0 Å². The van der Waals surface area contributed by atoms with Gasteiger partial charge in [-0.3, -0.25) is 4.79 Å². The number of rotatable bonds is 3. The van der Waals surface area contributed by atoms with Crippen molar-refractivity contribution in [1.82, 2.24) is 0 Å². The molecule has 0 heterocycles. The Hall–Kier alpha value is -1.55. The molecule has 0 spiro atoms. The fourth-order valence-corrected chi connectivity index (χ4v) is 3.21. The van der Waals surface area contributed by atoms with Crippen LogP contribution in [0.15, 0.2) is 18.2 Å². The van der Waals surface area contributed by atoms with Gasteiger partial charge in [0.2, 0.25) is 5.91 Å². The highest BCUT2D eigenvalue weighted by atomic mass is 35.5. The van der Waals surface area contributed by atoms with Gasteiger partial charge in [-0.2, -0.15) is 0 Å². The maximum Gasteiger partial charge on any atom is 0.337 e. The minimum Gasteiger partial charge on any atom is -0.478 e. The van der Waals surface area contributed by atoms with Crippen molar-refractivity contribution in [3.8, 4) is 0 Å². The smallest absolute Gasteiger partial charge is 0.337 e. The number of carbonyl (C=O) groups is 2. The van der Waals surface area contributed by atoms with E-state index in [0.717, 1.165) is 12.8 Å². The lowest BCUT2D eigenvalue weighted by molar-refractivity contribution is -0.120. The Morgan fingerprint density at radius 3 is 2.53 bits per heavy atom. The van der Waals surface area contributed by atoms with Crippen LogP contribution >= 0.6 is 11.6 Å². The molecule has 1 amide bonds. The van der Waals surface area contributed by atoms with Crippen molar-refractivity contribution in [1.29, 1.82) is 0 Å². The molecule has 2 N–H and O–H groups in total. The maximum absolute atomic E-state index is 12.1. The van der Waals surface area contributed by atoms with Gasteiger partial charge in [0.15, 0.2) is 0 Å².